The minimum Gasteiger partial charge on any atom is -0.251 e. The van der Waals surface area contributed by atoms with Gasteiger partial charge in [-0.1, -0.05) is 23.8 Å². The molecule has 0 nitrogen and oxygen atoms in total. The molecule has 0 aliphatic carbocycles. The van der Waals surface area contributed by atoms with E-state index in [0.29, 0.717) is 6.42 Å². The Balaban J connectivity index is 3.69. The van der Waals surface area contributed by atoms with Crippen LogP contribution in [0.15, 0.2) is 23.8 Å². The third kappa shape index (κ3) is 3.95. The van der Waals surface area contributed by atoms with E-state index in [1.54, 1.807) is 0 Å². The standard InChI is InChI=1S/C8H13F/c1-7(2)8(3)5-4-6-9/h5H,1,4,6H2,2-3H3/b8-5-. The molecule has 0 amide bonds. The lowest BCUT2D eigenvalue weighted by molar-refractivity contribution is 0.500. The summed E-state index contributed by atoms with van der Waals surface area (Å²) in [6.45, 7) is 7.31. The van der Waals surface area contributed by atoms with Gasteiger partial charge in [0.2, 0.25) is 0 Å². The number of rotatable bonds is 3. The summed E-state index contributed by atoms with van der Waals surface area (Å²) in [6, 6.07) is 0. The molecule has 0 bridgehead atoms. The number of halogens is 1. The minimum absolute atomic E-state index is 0.273. The zero-order chi connectivity index (χ0) is 7.28. The fourth-order valence-corrected chi connectivity index (χ4v) is 0.445. The van der Waals surface area contributed by atoms with E-state index in [1.165, 1.54) is 0 Å². The molecule has 0 aliphatic heterocycles. The van der Waals surface area contributed by atoms with Crippen LogP contribution in [0, 0.1) is 0 Å². The van der Waals surface area contributed by atoms with Crippen LogP contribution in [0.3, 0.4) is 0 Å². The van der Waals surface area contributed by atoms with Crippen molar-refractivity contribution in [3.8, 4) is 0 Å². The van der Waals surface area contributed by atoms with Crippen LogP contribution in [-0.2, 0) is 0 Å². The van der Waals surface area contributed by atoms with E-state index < -0.39 is 0 Å². The van der Waals surface area contributed by atoms with E-state index in [9.17, 15) is 4.39 Å². The first-order valence-corrected chi connectivity index (χ1v) is 3.07. The molecule has 0 saturated carbocycles. The monoisotopic (exact) mass is 128 g/mol. The van der Waals surface area contributed by atoms with E-state index in [2.05, 4.69) is 6.58 Å². The highest BCUT2D eigenvalue weighted by atomic mass is 19.1. The van der Waals surface area contributed by atoms with Crippen LogP contribution in [0.2, 0.25) is 0 Å². The third-order valence-electron chi connectivity index (χ3n) is 1.23. The molecule has 0 radical (unpaired) electrons. The molecule has 0 unspecified atom stereocenters. The Hall–Kier alpha value is -0.590. The summed E-state index contributed by atoms with van der Waals surface area (Å²) in [4.78, 5) is 0. The molecule has 1 heteroatoms. The Morgan fingerprint density at radius 1 is 1.56 bits per heavy atom. The van der Waals surface area contributed by atoms with E-state index in [1.807, 2.05) is 19.9 Å². The Bertz CT molecular complexity index is 123. The first kappa shape index (κ1) is 8.41. The van der Waals surface area contributed by atoms with Gasteiger partial charge >= 0.3 is 0 Å². The van der Waals surface area contributed by atoms with Gasteiger partial charge in [0.1, 0.15) is 0 Å². The fraction of sp³-hybridized carbons (Fsp3) is 0.500. The van der Waals surface area contributed by atoms with Gasteiger partial charge < -0.3 is 0 Å². The lowest BCUT2D eigenvalue weighted by Crippen LogP contribution is -1.77. The van der Waals surface area contributed by atoms with Crippen molar-refractivity contribution in [1.82, 2.24) is 0 Å². The molecule has 0 aromatic carbocycles. The summed E-state index contributed by atoms with van der Waals surface area (Å²) < 4.78 is 11.5. The van der Waals surface area contributed by atoms with Gasteiger partial charge in [-0.05, 0) is 20.3 Å². The highest BCUT2D eigenvalue weighted by Crippen LogP contribution is 2.05. The third-order valence-corrected chi connectivity index (χ3v) is 1.23. The van der Waals surface area contributed by atoms with Gasteiger partial charge in [-0.3, -0.25) is 4.39 Å². The van der Waals surface area contributed by atoms with Crippen LogP contribution in [-0.4, -0.2) is 6.67 Å². The van der Waals surface area contributed by atoms with Crippen molar-refractivity contribution < 1.29 is 4.39 Å². The molecule has 0 N–H and O–H groups in total. The van der Waals surface area contributed by atoms with Gasteiger partial charge in [0.15, 0.2) is 0 Å². The zero-order valence-corrected chi connectivity index (χ0v) is 6.08. The van der Waals surface area contributed by atoms with Crippen molar-refractivity contribution >= 4 is 0 Å². The van der Waals surface area contributed by atoms with E-state index in [0.717, 1.165) is 11.1 Å². The van der Waals surface area contributed by atoms with Crippen molar-refractivity contribution in [2.75, 3.05) is 6.67 Å². The highest BCUT2D eigenvalue weighted by molar-refractivity contribution is 5.23. The molecule has 0 spiro atoms. The molecule has 0 heterocycles. The maximum atomic E-state index is 11.5. The first-order valence-electron chi connectivity index (χ1n) is 3.07. The second-order valence-electron chi connectivity index (χ2n) is 2.15. The first-order chi connectivity index (χ1) is 4.18. The number of hydrogen-bond donors (Lipinski definition) is 0. The van der Waals surface area contributed by atoms with Crippen molar-refractivity contribution in [3.05, 3.63) is 23.8 Å². The topological polar surface area (TPSA) is 0 Å². The summed E-state index contributed by atoms with van der Waals surface area (Å²) in [7, 11) is 0. The molecule has 0 fully saturated rings. The predicted octanol–water partition coefficient (Wildman–Crippen LogP) is 2.87. The molecular weight excluding hydrogens is 115 g/mol. The fourth-order valence-electron chi connectivity index (χ4n) is 0.445. The molecule has 0 rings (SSSR count). The number of allylic oxidation sites excluding steroid dienone is 3. The van der Waals surface area contributed by atoms with Crippen LogP contribution >= 0.6 is 0 Å². The van der Waals surface area contributed by atoms with Gasteiger partial charge in [-0.25, -0.2) is 0 Å². The van der Waals surface area contributed by atoms with Crippen molar-refractivity contribution in [1.29, 1.82) is 0 Å². The second-order valence-corrected chi connectivity index (χ2v) is 2.15. The highest BCUT2D eigenvalue weighted by Gasteiger charge is 1.86. The van der Waals surface area contributed by atoms with Crippen LogP contribution in [0.1, 0.15) is 20.3 Å². The van der Waals surface area contributed by atoms with Crippen LogP contribution in [0.25, 0.3) is 0 Å². The molecular formula is C8H13F. The average Bonchev–Trinajstić information content (AvgIpc) is 1.82. The lowest BCUT2D eigenvalue weighted by atomic mass is 10.1. The predicted molar refractivity (Wildman–Crippen MR) is 39.2 cm³/mol. The van der Waals surface area contributed by atoms with E-state index in [4.69, 9.17) is 0 Å². The maximum Gasteiger partial charge on any atom is 0.0929 e. The SMILES string of the molecule is C=C(C)/C(C)=C\CCF. The summed E-state index contributed by atoms with van der Waals surface area (Å²) in [5.74, 6) is 0. The smallest absolute Gasteiger partial charge is 0.0929 e. The largest absolute Gasteiger partial charge is 0.251 e. The Morgan fingerprint density at radius 2 is 2.11 bits per heavy atom. The van der Waals surface area contributed by atoms with E-state index >= 15 is 0 Å². The van der Waals surface area contributed by atoms with Gasteiger partial charge in [0.25, 0.3) is 0 Å². The van der Waals surface area contributed by atoms with Crippen molar-refractivity contribution in [2.45, 2.75) is 20.3 Å². The van der Waals surface area contributed by atoms with Crippen molar-refractivity contribution in [3.63, 3.8) is 0 Å². The summed E-state index contributed by atoms with van der Waals surface area (Å²) in [6.07, 6.45) is 2.38. The van der Waals surface area contributed by atoms with Crippen LogP contribution in [0.5, 0.6) is 0 Å². The summed E-state index contributed by atoms with van der Waals surface area (Å²) >= 11 is 0. The van der Waals surface area contributed by atoms with Gasteiger partial charge in [0, 0.05) is 0 Å². The Morgan fingerprint density at radius 3 is 2.44 bits per heavy atom. The Labute approximate surface area is 56.1 Å². The van der Waals surface area contributed by atoms with Gasteiger partial charge in [-0.2, -0.15) is 0 Å². The Kier molecular flexibility index (Phi) is 4.02. The zero-order valence-electron chi connectivity index (χ0n) is 6.08. The van der Waals surface area contributed by atoms with E-state index in [-0.39, 0.29) is 6.67 Å². The molecule has 0 saturated heterocycles. The quantitative estimate of drug-likeness (QED) is 0.513. The molecule has 52 valence electrons. The number of hydrogen-bond acceptors (Lipinski definition) is 0. The lowest BCUT2D eigenvalue weighted by Gasteiger charge is -1.95. The van der Waals surface area contributed by atoms with Crippen LogP contribution < -0.4 is 0 Å². The molecule has 0 atom stereocenters. The molecule has 0 aromatic heterocycles. The van der Waals surface area contributed by atoms with Crippen LogP contribution in [0.4, 0.5) is 4.39 Å². The summed E-state index contributed by atoms with van der Waals surface area (Å²) in [5, 5.41) is 0. The average molecular weight is 128 g/mol. The van der Waals surface area contributed by atoms with Gasteiger partial charge in [-0.15, -0.1) is 0 Å². The maximum absolute atomic E-state index is 11.5. The van der Waals surface area contributed by atoms with Gasteiger partial charge in [0.05, 0.1) is 6.67 Å². The molecule has 0 aromatic rings. The molecule has 9 heavy (non-hydrogen) atoms. The molecule has 0 aliphatic rings. The summed E-state index contributed by atoms with van der Waals surface area (Å²) in [5.41, 5.74) is 2.11. The second kappa shape index (κ2) is 4.30. The number of alkyl halides is 1. The minimum atomic E-state index is -0.273. The van der Waals surface area contributed by atoms with Crippen molar-refractivity contribution in [2.24, 2.45) is 0 Å². The normalized spacial score (nSPS) is 11.7.